The summed E-state index contributed by atoms with van der Waals surface area (Å²) < 4.78 is 4.88. The minimum absolute atomic E-state index is 0.0568. The maximum Gasteiger partial charge on any atom is 0.322 e. The lowest BCUT2D eigenvalue weighted by Crippen LogP contribution is -2.01. The van der Waals surface area contributed by atoms with Crippen LogP contribution in [0.5, 0.6) is 6.01 Å². The predicted octanol–water partition coefficient (Wildman–Crippen LogP) is 2.93. The van der Waals surface area contributed by atoms with E-state index in [2.05, 4.69) is 20.3 Å². The zero-order valence-electron chi connectivity index (χ0n) is 8.82. The molecule has 0 saturated heterocycles. The Labute approximate surface area is 108 Å². The van der Waals surface area contributed by atoms with E-state index in [-0.39, 0.29) is 11.3 Å². The van der Waals surface area contributed by atoms with E-state index in [1.54, 1.807) is 12.1 Å². The number of methoxy groups -OCH3 is 1. The third-order valence-corrected chi connectivity index (χ3v) is 2.26. The van der Waals surface area contributed by atoms with E-state index in [1.165, 1.54) is 7.11 Å². The average molecular weight is 271 g/mol. The highest BCUT2D eigenvalue weighted by atomic mass is 35.5. The number of hydrogen-bond acceptors (Lipinski definition) is 5. The zero-order chi connectivity index (χ0) is 12.3. The number of rotatable bonds is 3. The van der Waals surface area contributed by atoms with Crippen molar-refractivity contribution in [3.63, 3.8) is 0 Å². The SMILES string of the molecule is COc1nc(Cl)nc(Nc2cccc(Cl)c2)n1. The van der Waals surface area contributed by atoms with Gasteiger partial charge in [-0.05, 0) is 29.8 Å². The van der Waals surface area contributed by atoms with Gasteiger partial charge in [0.15, 0.2) is 0 Å². The maximum absolute atomic E-state index is 5.86. The van der Waals surface area contributed by atoms with Gasteiger partial charge in [0.25, 0.3) is 0 Å². The predicted molar refractivity (Wildman–Crippen MR) is 66.1 cm³/mol. The molecule has 0 aliphatic heterocycles. The van der Waals surface area contributed by atoms with E-state index in [0.717, 1.165) is 5.69 Å². The molecule has 5 nitrogen and oxygen atoms in total. The second-order valence-electron chi connectivity index (χ2n) is 3.05. The van der Waals surface area contributed by atoms with Crippen LogP contribution in [0.1, 0.15) is 0 Å². The third-order valence-electron chi connectivity index (χ3n) is 1.85. The lowest BCUT2D eigenvalue weighted by atomic mass is 10.3. The fraction of sp³-hybridized carbons (Fsp3) is 0.100. The van der Waals surface area contributed by atoms with Crippen molar-refractivity contribution >= 4 is 34.8 Å². The summed E-state index contributed by atoms with van der Waals surface area (Å²) in [5.74, 6) is 0.295. The summed E-state index contributed by atoms with van der Waals surface area (Å²) in [6, 6.07) is 7.30. The molecule has 0 radical (unpaired) electrons. The summed E-state index contributed by atoms with van der Waals surface area (Å²) in [7, 11) is 1.45. The summed E-state index contributed by atoms with van der Waals surface area (Å²) in [5, 5.41) is 3.62. The van der Waals surface area contributed by atoms with Crippen LogP contribution >= 0.6 is 23.2 Å². The Balaban J connectivity index is 2.26. The molecule has 0 bridgehead atoms. The maximum atomic E-state index is 5.86. The number of aromatic nitrogens is 3. The largest absolute Gasteiger partial charge is 0.467 e. The van der Waals surface area contributed by atoms with Crippen molar-refractivity contribution in [3.8, 4) is 6.01 Å². The van der Waals surface area contributed by atoms with E-state index < -0.39 is 0 Å². The molecule has 0 aliphatic rings. The highest BCUT2D eigenvalue weighted by Crippen LogP contribution is 2.19. The Morgan fingerprint density at radius 1 is 1.18 bits per heavy atom. The van der Waals surface area contributed by atoms with Crippen LogP contribution < -0.4 is 10.1 Å². The molecule has 7 heteroatoms. The van der Waals surface area contributed by atoms with Gasteiger partial charge in [-0.3, -0.25) is 0 Å². The molecule has 88 valence electrons. The van der Waals surface area contributed by atoms with Crippen LogP contribution in [0.15, 0.2) is 24.3 Å². The third kappa shape index (κ3) is 3.18. The van der Waals surface area contributed by atoms with Gasteiger partial charge >= 0.3 is 6.01 Å². The monoisotopic (exact) mass is 270 g/mol. The van der Waals surface area contributed by atoms with Crippen LogP contribution in [0.2, 0.25) is 10.3 Å². The highest BCUT2D eigenvalue weighted by molar-refractivity contribution is 6.30. The first-order valence-electron chi connectivity index (χ1n) is 4.65. The molecule has 2 aromatic rings. The first-order chi connectivity index (χ1) is 8.17. The van der Waals surface area contributed by atoms with E-state index in [0.29, 0.717) is 11.0 Å². The minimum atomic E-state index is 0.0568. The van der Waals surface area contributed by atoms with Crippen molar-refractivity contribution in [2.45, 2.75) is 0 Å². The van der Waals surface area contributed by atoms with Gasteiger partial charge in [0.1, 0.15) is 0 Å². The lowest BCUT2D eigenvalue weighted by Gasteiger charge is -2.06. The van der Waals surface area contributed by atoms with Gasteiger partial charge < -0.3 is 10.1 Å². The number of nitrogens with zero attached hydrogens (tertiary/aromatic N) is 3. The second kappa shape index (κ2) is 5.16. The van der Waals surface area contributed by atoms with E-state index in [9.17, 15) is 0 Å². The van der Waals surface area contributed by atoms with Crippen molar-refractivity contribution in [2.75, 3.05) is 12.4 Å². The number of halogens is 2. The van der Waals surface area contributed by atoms with Gasteiger partial charge in [0.2, 0.25) is 11.2 Å². The first kappa shape index (κ1) is 11.9. The van der Waals surface area contributed by atoms with Crippen LogP contribution in [0.4, 0.5) is 11.6 Å². The average Bonchev–Trinajstić information content (AvgIpc) is 2.28. The molecule has 1 aromatic carbocycles. The van der Waals surface area contributed by atoms with Crippen LogP contribution in [0.3, 0.4) is 0 Å². The molecule has 2 rings (SSSR count). The lowest BCUT2D eigenvalue weighted by molar-refractivity contribution is 0.379. The topological polar surface area (TPSA) is 59.9 Å². The number of ether oxygens (including phenoxy) is 1. The molecule has 0 atom stereocenters. The summed E-state index contributed by atoms with van der Waals surface area (Å²) in [6.07, 6.45) is 0. The molecule has 0 aliphatic carbocycles. The molecule has 0 fully saturated rings. The summed E-state index contributed by atoms with van der Waals surface area (Å²) >= 11 is 11.6. The Bertz CT molecular complexity index is 535. The van der Waals surface area contributed by atoms with Crippen LogP contribution in [-0.2, 0) is 0 Å². The number of benzene rings is 1. The van der Waals surface area contributed by atoms with E-state index in [4.69, 9.17) is 27.9 Å². The standard InChI is InChI=1S/C10H8Cl2N4O/c1-17-10-15-8(12)14-9(16-10)13-7-4-2-3-6(11)5-7/h2-5H,1H3,(H,13,14,15,16). The van der Waals surface area contributed by atoms with E-state index in [1.807, 2.05) is 12.1 Å². The second-order valence-corrected chi connectivity index (χ2v) is 3.82. The smallest absolute Gasteiger partial charge is 0.322 e. The Morgan fingerprint density at radius 2 is 2.00 bits per heavy atom. The van der Waals surface area contributed by atoms with Crippen LogP contribution in [0.25, 0.3) is 0 Å². The van der Waals surface area contributed by atoms with Gasteiger partial charge in [0, 0.05) is 10.7 Å². The van der Waals surface area contributed by atoms with Gasteiger partial charge in [-0.2, -0.15) is 15.0 Å². The molecule has 0 amide bonds. The Hall–Kier alpha value is -1.59. The van der Waals surface area contributed by atoms with Crippen molar-refractivity contribution in [1.82, 2.24) is 15.0 Å². The Kier molecular flexibility index (Phi) is 3.61. The van der Waals surface area contributed by atoms with Gasteiger partial charge in [0.05, 0.1) is 7.11 Å². The molecular formula is C10H8Cl2N4O. The molecule has 17 heavy (non-hydrogen) atoms. The van der Waals surface area contributed by atoms with Crippen molar-refractivity contribution in [1.29, 1.82) is 0 Å². The number of anilines is 2. The van der Waals surface area contributed by atoms with Crippen LogP contribution in [-0.4, -0.2) is 22.1 Å². The molecule has 0 spiro atoms. The quantitative estimate of drug-likeness (QED) is 0.929. The first-order valence-corrected chi connectivity index (χ1v) is 5.41. The molecule has 0 unspecified atom stereocenters. The van der Waals surface area contributed by atoms with Crippen molar-refractivity contribution in [2.24, 2.45) is 0 Å². The summed E-state index contributed by atoms with van der Waals surface area (Å²) in [5.41, 5.74) is 0.752. The minimum Gasteiger partial charge on any atom is -0.467 e. The fourth-order valence-corrected chi connectivity index (χ4v) is 1.52. The van der Waals surface area contributed by atoms with Gasteiger partial charge in [-0.1, -0.05) is 17.7 Å². The Morgan fingerprint density at radius 3 is 2.71 bits per heavy atom. The molecular weight excluding hydrogens is 263 g/mol. The van der Waals surface area contributed by atoms with Gasteiger partial charge in [-0.25, -0.2) is 0 Å². The fourth-order valence-electron chi connectivity index (χ4n) is 1.17. The van der Waals surface area contributed by atoms with Crippen molar-refractivity contribution in [3.05, 3.63) is 34.6 Å². The molecule has 1 aromatic heterocycles. The van der Waals surface area contributed by atoms with Gasteiger partial charge in [-0.15, -0.1) is 0 Å². The van der Waals surface area contributed by atoms with Crippen molar-refractivity contribution < 1.29 is 4.74 Å². The van der Waals surface area contributed by atoms with E-state index >= 15 is 0 Å². The molecule has 0 saturated carbocycles. The van der Waals surface area contributed by atoms with Crippen LogP contribution in [0, 0.1) is 0 Å². The summed E-state index contributed by atoms with van der Waals surface area (Å²) in [6.45, 7) is 0. The zero-order valence-corrected chi connectivity index (χ0v) is 10.3. The molecule has 1 heterocycles. The highest BCUT2D eigenvalue weighted by Gasteiger charge is 2.05. The molecule has 1 N–H and O–H groups in total. The normalized spacial score (nSPS) is 10.1. The summed E-state index contributed by atoms with van der Waals surface area (Å²) in [4.78, 5) is 11.7. The number of nitrogens with one attached hydrogen (secondary N) is 1. The number of hydrogen-bond donors (Lipinski definition) is 1.